The first-order valence-corrected chi connectivity index (χ1v) is 13.2. The van der Waals surface area contributed by atoms with Gasteiger partial charge in [-0.3, -0.25) is 4.79 Å². The van der Waals surface area contributed by atoms with Gasteiger partial charge in [-0.25, -0.2) is 19.3 Å². The fraction of sp³-hybridized carbons (Fsp3) is 0.621. The van der Waals surface area contributed by atoms with Crippen LogP contribution in [0.5, 0.6) is 0 Å². The van der Waals surface area contributed by atoms with Gasteiger partial charge in [0.15, 0.2) is 0 Å². The molecule has 1 aromatic carbocycles. The number of esters is 2. The summed E-state index contributed by atoms with van der Waals surface area (Å²) < 4.78 is 16.4. The van der Waals surface area contributed by atoms with Crippen LogP contribution in [0.2, 0.25) is 0 Å². The molecule has 39 heavy (non-hydrogen) atoms. The molecule has 0 spiro atoms. The molecule has 1 unspecified atom stereocenters. The van der Waals surface area contributed by atoms with E-state index in [-0.39, 0.29) is 18.6 Å². The molecule has 1 aliphatic heterocycles. The standard InChI is InChI=1S/C29H43N3O7/c1-27(2,3)37-24(34)21(31-30-16-15-19-13-11-10-12-14-19)17-20-18-22(25(35)38-28(4,5)6)32(23(20)33)26(36)39-29(7,8)9/h10-14,20,22,30H,15-18H2,1-9H3/b31-21-/t20?,22-/m0/s1. The Hall–Kier alpha value is -3.43. The van der Waals surface area contributed by atoms with Crippen LogP contribution in [0.15, 0.2) is 35.4 Å². The van der Waals surface area contributed by atoms with Crippen LogP contribution in [0.1, 0.15) is 80.7 Å². The van der Waals surface area contributed by atoms with Crippen LogP contribution in [0.4, 0.5) is 4.79 Å². The first-order valence-electron chi connectivity index (χ1n) is 13.2. The van der Waals surface area contributed by atoms with Crippen molar-refractivity contribution in [3.63, 3.8) is 0 Å². The van der Waals surface area contributed by atoms with Crippen molar-refractivity contribution in [2.75, 3.05) is 6.54 Å². The van der Waals surface area contributed by atoms with Crippen molar-refractivity contribution in [1.29, 1.82) is 0 Å². The fourth-order valence-electron chi connectivity index (χ4n) is 3.84. The fourth-order valence-corrected chi connectivity index (χ4v) is 3.84. The highest BCUT2D eigenvalue weighted by Crippen LogP contribution is 2.31. The maximum atomic E-state index is 13.5. The molecule has 0 radical (unpaired) electrons. The summed E-state index contributed by atoms with van der Waals surface area (Å²) in [5.41, 5.74) is 1.48. The average molecular weight is 546 g/mol. The molecule has 1 saturated heterocycles. The maximum absolute atomic E-state index is 13.5. The molecule has 1 heterocycles. The van der Waals surface area contributed by atoms with Crippen molar-refractivity contribution in [3.05, 3.63) is 35.9 Å². The van der Waals surface area contributed by atoms with Gasteiger partial charge < -0.3 is 19.6 Å². The molecule has 1 aliphatic rings. The van der Waals surface area contributed by atoms with Gasteiger partial charge in [-0.15, -0.1) is 0 Å². The number of benzene rings is 1. The lowest BCUT2D eigenvalue weighted by molar-refractivity contribution is -0.161. The zero-order chi connectivity index (χ0) is 29.6. The quantitative estimate of drug-likeness (QED) is 0.168. The van der Waals surface area contributed by atoms with E-state index in [1.165, 1.54) is 0 Å². The minimum absolute atomic E-state index is 0.00897. The second-order valence-corrected chi connectivity index (χ2v) is 12.6. The smallest absolute Gasteiger partial charge is 0.417 e. The summed E-state index contributed by atoms with van der Waals surface area (Å²) in [6.07, 6.45) is -0.451. The summed E-state index contributed by atoms with van der Waals surface area (Å²) >= 11 is 0. The molecule has 0 bridgehead atoms. The molecule has 216 valence electrons. The van der Waals surface area contributed by atoms with Crippen LogP contribution in [0.25, 0.3) is 0 Å². The predicted molar refractivity (Wildman–Crippen MR) is 147 cm³/mol. The number of rotatable bonds is 8. The first-order chi connectivity index (χ1) is 17.9. The van der Waals surface area contributed by atoms with E-state index in [9.17, 15) is 19.2 Å². The molecular weight excluding hydrogens is 502 g/mol. The second-order valence-electron chi connectivity index (χ2n) is 12.6. The van der Waals surface area contributed by atoms with Gasteiger partial charge in [-0.05, 0) is 80.7 Å². The van der Waals surface area contributed by atoms with E-state index >= 15 is 0 Å². The number of carbonyl (C=O) groups is 4. The number of nitrogens with one attached hydrogen (secondary N) is 1. The minimum atomic E-state index is -1.19. The van der Waals surface area contributed by atoms with Crippen molar-refractivity contribution in [1.82, 2.24) is 10.3 Å². The minimum Gasteiger partial charge on any atom is -0.458 e. The lowest BCUT2D eigenvalue weighted by Crippen LogP contribution is -2.47. The highest BCUT2D eigenvalue weighted by molar-refractivity contribution is 6.37. The van der Waals surface area contributed by atoms with Crippen LogP contribution in [-0.2, 0) is 35.0 Å². The summed E-state index contributed by atoms with van der Waals surface area (Å²) in [7, 11) is 0. The Labute approximate surface area is 231 Å². The predicted octanol–water partition coefficient (Wildman–Crippen LogP) is 4.40. The summed E-state index contributed by atoms with van der Waals surface area (Å²) in [4.78, 5) is 53.3. The lowest BCUT2D eigenvalue weighted by atomic mass is 9.98. The van der Waals surface area contributed by atoms with Crippen LogP contribution in [-0.4, -0.2) is 63.9 Å². The maximum Gasteiger partial charge on any atom is 0.417 e. The molecule has 1 N–H and O–H groups in total. The molecule has 10 heteroatoms. The third kappa shape index (κ3) is 10.7. The van der Waals surface area contributed by atoms with E-state index in [0.29, 0.717) is 13.0 Å². The van der Waals surface area contributed by atoms with Crippen LogP contribution in [0, 0.1) is 5.92 Å². The Morgan fingerprint density at radius 3 is 2.00 bits per heavy atom. The summed E-state index contributed by atoms with van der Waals surface area (Å²) in [5.74, 6) is -2.94. The number of hydrogen-bond donors (Lipinski definition) is 1. The van der Waals surface area contributed by atoms with E-state index in [2.05, 4.69) is 10.5 Å². The number of nitrogens with zero attached hydrogens (tertiary/aromatic N) is 2. The number of likely N-dealkylation sites (tertiary alicyclic amines) is 1. The number of hydrazone groups is 1. The molecule has 0 aromatic heterocycles. The van der Waals surface area contributed by atoms with Gasteiger partial charge in [0.1, 0.15) is 28.6 Å². The van der Waals surface area contributed by atoms with Gasteiger partial charge in [0.2, 0.25) is 5.91 Å². The second kappa shape index (κ2) is 12.6. The van der Waals surface area contributed by atoms with Crippen molar-refractivity contribution in [3.8, 4) is 0 Å². The monoisotopic (exact) mass is 545 g/mol. The largest absolute Gasteiger partial charge is 0.458 e. The number of hydrogen-bond acceptors (Lipinski definition) is 9. The van der Waals surface area contributed by atoms with E-state index in [4.69, 9.17) is 14.2 Å². The number of amides is 2. The van der Waals surface area contributed by atoms with Gasteiger partial charge in [0, 0.05) is 18.9 Å². The number of imide groups is 1. The molecule has 2 amide bonds. The molecule has 0 aliphatic carbocycles. The summed E-state index contributed by atoms with van der Waals surface area (Å²) in [5, 5.41) is 4.27. The van der Waals surface area contributed by atoms with Crippen LogP contribution < -0.4 is 5.43 Å². The van der Waals surface area contributed by atoms with E-state index < -0.39 is 52.7 Å². The third-order valence-electron chi connectivity index (χ3n) is 5.33. The zero-order valence-corrected chi connectivity index (χ0v) is 24.6. The highest BCUT2D eigenvalue weighted by Gasteiger charge is 2.50. The Bertz CT molecular complexity index is 1060. The van der Waals surface area contributed by atoms with Gasteiger partial charge >= 0.3 is 18.0 Å². The van der Waals surface area contributed by atoms with Gasteiger partial charge in [0.05, 0.1) is 0 Å². The van der Waals surface area contributed by atoms with Crippen molar-refractivity contribution in [2.24, 2.45) is 11.0 Å². The Kier molecular flexibility index (Phi) is 10.3. The van der Waals surface area contributed by atoms with Crippen LogP contribution in [0.3, 0.4) is 0 Å². The van der Waals surface area contributed by atoms with Crippen molar-refractivity contribution in [2.45, 2.75) is 104 Å². The van der Waals surface area contributed by atoms with Crippen molar-refractivity contribution >= 4 is 29.7 Å². The van der Waals surface area contributed by atoms with Gasteiger partial charge in [-0.2, -0.15) is 5.10 Å². The van der Waals surface area contributed by atoms with Gasteiger partial charge in [-0.1, -0.05) is 30.3 Å². The highest BCUT2D eigenvalue weighted by atomic mass is 16.6. The molecule has 0 saturated carbocycles. The Morgan fingerprint density at radius 2 is 1.46 bits per heavy atom. The number of ether oxygens (including phenoxy) is 3. The molecule has 2 rings (SSSR count). The van der Waals surface area contributed by atoms with Crippen LogP contribution >= 0.6 is 0 Å². The molecule has 2 atom stereocenters. The molecule has 1 fully saturated rings. The molecular formula is C29H43N3O7. The van der Waals surface area contributed by atoms with E-state index in [1.807, 2.05) is 30.3 Å². The normalized spacial score (nSPS) is 18.5. The third-order valence-corrected chi connectivity index (χ3v) is 5.33. The first kappa shape index (κ1) is 31.8. The lowest BCUT2D eigenvalue weighted by Gasteiger charge is -2.28. The van der Waals surface area contributed by atoms with Gasteiger partial charge in [0.25, 0.3) is 0 Å². The summed E-state index contributed by atoms with van der Waals surface area (Å²) in [6.45, 7) is 15.7. The Balaban J connectivity index is 2.29. The van der Waals surface area contributed by atoms with E-state index in [0.717, 1.165) is 10.5 Å². The summed E-state index contributed by atoms with van der Waals surface area (Å²) in [6, 6.07) is 8.59. The Morgan fingerprint density at radius 1 is 0.897 bits per heavy atom. The van der Waals surface area contributed by atoms with E-state index in [1.54, 1.807) is 62.3 Å². The molecule has 10 nitrogen and oxygen atoms in total. The zero-order valence-electron chi connectivity index (χ0n) is 24.6. The number of carbonyl (C=O) groups excluding carboxylic acids is 4. The SMILES string of the molecule is CC(C)(C)OC(=O)/C(CC1C[C@@H](C(=O)OC(C)(C)C)N(C(=O)OC(C)(C)C)C1=O)=N\NCCc1ccccc1. The average Bonchev–Trinajstić information content (AvgIpc) is 3.09. The van der Waals surface area contributed by atoms with Crippen molar-refractivity contribution < 1.29 is 33.4 Å². The topological polar surface area (TPSA) is 124 Å². The molecule has 1 aromatic rings.